The van der Waals surface area contributed by atoms with Gasteiger partial charge in [-0.3, -0.25) is 0 Å². The van der Waals surface area contributed by atoms with Gasteiger partial charge in [-0.25, -0.2) is 0 Å². The topological polar surface area (TPSA) is 35.2 Å². The van der Waals surface area contributed by atoms with Gasteiger partial charge in [0.25, 0.3) is 0 Å². The number of hydrogen-bond acceptors (Lipinski definition) is 2. The number of benzene rings is 1. The summed E-state index contributed by atoms with van der Waals surface area (Å²) in [6.07, 6.45) is 1.17. The van der Waals surface area contributed by atoms with Gasteiger partial charge in [0.05, 0.1) is 12.7 Å². The van der Waals surface area contributed by atoms with Crippen molar-refractivity contribution in [2.45, 2.75) is 18.6 Å². The molecule has 2 nitrogen and oxygen atoms in total. The highest BCUT2D eigenvalue weighted by Crippen LogP contribution is 2.27. The Morgan fingerprint density at radius 3 is 2.58 bits per heavy atom. The van der Waals surface area contributed by atoms with Crippen LogP contribution in [0.15, 0.2) is 30.3 Å². The maximum atomic E-state index is 5.74. The first-order valence-electron chi connectivity index (χ1n) is 4.28. The fourth-order valence-electron chi connectivity index (χ4n) is 1.55. The van der Waals surface area contributed by atoms with Crippen molar-refractivity contribution >= 4 is 0 Å². The summed E-state index contributed by atoms with van der Waals surface area (Å²) in [4.78, 5) is 0. The van der Waals surface area contributed by atoms with Crippen molar-refractivity contribution in [1.82, 2.24) is 0 Å². The van der Waals surface area contributed by atoms with Crippen molar-refractivity contribution in [1.29, 1.82) is 0 Å². The van der Waals surface area contributed by atoms with Gasteiger partial charge < -0.3 is 10.5 Å². The van der Waals surface area contributed by atoms with Crippen LogP contribution in [0.2, 0.25) is 0 Å². The zero-order valence-electron chi connectivity index (χ0n) is 6.94. The quantitative estimate of drug-likeness (QED) is 0.680. The van der Waals surface area contributed by atoms with Gasteiger partial charge in [-0.05, 0) is 12.0 Å². The SMILES string of the molecule is N[C@@H]1CO[C@H](c2ccccc2)C1. The standard InChI is InChI=1S/C10H13NO/c11-9-6-10(12-7-9)8-4-2-1-3-5-8/h1-5,9-10H,6-7,11H2/t9-,10-/m0/s1. The molecular weight excluding hydrogens is 150 g/mol. The average Bonchev–Trinajstić information content (AvgIpc) is 2.54. The molecule has 0 amide bonds. The first kappa shape index (κ1) is 7.77. The normalized spacial score (nSPS) is 29.1. The Bertz CT molecular complexity index is 247. The Kier molecular flexibility index (Phi) is 2.11. The first-order chi connectivity index (χ1) is 5.86. The summed E-state index contributed by atoms with van der Waals surface area (Å²) in [5.41, 5.74) is 6.98. The van der Waals surface area contributed by atoms with Crippen LogP contribution in [0.4, 0.5) is 0 Å². The third-order valence-corrected chi connectivity index (χ3v) is 2.20. The Morgan fingerprint density at radius 1 is 1.25 bits per heavy atom. The molecule has 1 aliphatic heterocycles. The summed E-state index contributed by atoms with van der Waals surface area (Å²) in [5, 5.41) is 0. The molecule has 1 aliphatic rings. The number of hydrogen-bond donors (Lipinski definition) is 1. The van der Waals surface area contributed by atoms with Crippen LogP contribution in [0, 0.1) is 0 Å². The third-order valence-electron chi connectivity index (χ3n) is 2.20. The van der Waals surface area contributed by atoms with E-state index in [4.69, 9.17) is 10.5 Å². The summed E-state index contributed by atoms with van der Waals surface area (Å²) in [5.74, 6) is 0. The zero-order chi connectivity index (χ0) is 8.39. The van der Waals surface area contributed by atoms with Gasteiger partial charge in [0.1, 0.15) is 0 Å². The Balaban J connectivity index is 2.11. The minimum atomic E-state index is 0.218. The van der Waals surface area contributed by atoms with E-state index in [1.807, 2.05) is 18.2 Å². The lowest BCUT2D eigenvalue weighted by Gasteiger charge is -2.08. The van der Waals surface area contributed by atoms with E-state index in [1.165, 1.54) is 5.56 Å². The summed E-state index contributed by atoms with van der Waals surface area (Å²) in [6, 6.07) is 10.5. The molecule has 12 heavy (non-hydrogen) atoms. The molecule has 2 N–H and O–H groups in total. The molecule has 2 rings (SSSR count). The van der Waals surface area contributed by atoms with E-state index in [0.717, 1.165) is 6.42 Å². The molecule has 0 spiro atoms. The second kappa shape index (κ2) is 3.25. The Hall–Kier alpha value is -0.860. The van der Waals surface area contributed by atoms with Gasteiger partial charge in [0.15, 0.2) is 0 Å². The largest absolute Gasteiger partial charge is 0.372 e. The molecule has 1 heterocycles. The van der Waals surface area contributed by atoms with Crippen LogP contribution >= 0.6 is 0 Å². The van der Waals surface area contributed by atoms with Crippen molar-refractivity contribution in [3.05, 3.63) is 35.9 Å². The summed E-state index contributed by atoms with van der Waals surface area (Å²) >= 11 is 0. The monoisotopic (exact) mass is 163 g/mol. The molecule has 0 aliphatic carbocycles. The minimum absolute atomic E-state index is 0.218. The summed E-state index contributed by atoms with van der Waals surface area (Å²) in [6.45, 7) is 0.694. The molecule has 64 valence electrons. The van der Waals surface area contributed by atoms with Gasteiger partial charge in [-0.15, -0.1) is 0 Å². The Morgan fingerprint density at radius 2 is 2.00 bits per heavy atom. The third kappa shape index (κ3) is 1.49. The number of rotatable bonds is 1. The predicted molar refractivity (Wildman–Crippen MR) is 47.7 cm³/mol. The van der Waals surface area contributed by atoms with E-state index in [1.54, 1.807) is 0 Å². The van der Waals surface area contributed by atoms with Gasteiger partial charge in [0, 0.05) is 6.04 Å². The second-order valence-corrected chi connectivity index (χ2v) is 3.23. The molecular formula is C10H13NO. The van der Waals surface area contributed by atoms with E-state index in [-0.39, 0.29) is 12.1 Å². The van der Waals surface area contributed by atoms with Gasteiger partial charge in [0.2, 0.25) is 0 Å². The molecule has 2 atom stereocenters. The van der Waals surface area contributed by atoms with E-state index < -0.39 is 0 Å². The fourth-order valence-corrected chi connectivity index (χ4v) is 1.55. The number of nitrogens with two attached hydrogens (primary N) is 1. The van der Waals surface area contributed by atoms with Crippen molar-refractivity contribution < 1.29 is 4.74 Å². The van der Waals surface area contributed by atoms with Crippen molar-refractivity contribution in [3.8, 4) is 0 Å². The molecule has 0 radical (unpaired) electrons. The smallest absolute Gasteiger partial charge is 0.0841 e. The van der Waals surface area contributed by atoms with Crippen LogP contribution in [-0.2, 0) is 4.74 Å². The Labute approximate surface area is 72.3 Å². The van der Waals surface area contributed by atoms with E-state index in [9.17, 15) is 0 Å². The lowest BCUT2D eigenvalue weighted by molar-refractivity contribution is 0.110. The highest BCUT2D eigenvalue weighted by atomic mass is 16.5. The van der Waals surface area contributed by atoms with Gasteiger partial charge >= 0.3 is 0 Å². The molecule has 0 aromatic heterocycles. The highest BCUT2D eigenvalue weighted by Gasteiger charge is 2.23. The van der Waals surface area contributed by atoms with Crippen molar-refractivity contribution in [2.75, 3.05) is 6.61 Å². The van der Waals surface area contributed by atoms with Crippen LogP contribution in [-0.4, -0.2) is 12.6 Å². The minimum Gasteiger partial charge on any atom is -0.372 e. The molecule has 1 fully saturated rings. The number of ether oxygens (including phenoxy) is 1. The van der Waals surface area contributed by atoms with E-state index in [2.05, 4.69) is 12.1 Å². The molecule has 0 bridgehead atoms. The van der Waals surface area contributed by atoms with E-state index in [0.29, 0.717) is 6.61 Å². The van der Waals surface area contributed by atoms with Crippen LogP contribution < -0.4 is 5.73 Å². The zero-order valence-corrected chi connectivity index (χ0v) is 6.94. The van der Waals surface area contributed by atoms with Crippen LogP contribution in [0.25, 0.3) is 0 Å². The lowest BCUT2D eigenvalue weighted by atomic mass is 10.1. The predicted octanol–water partition coefficient (Wildman–Crippen LogP) is 1.48. The molecule has 0 unspecified atom stereocenters. The fraction of sp³-hybridized carbons (Fsp3) is 0.400. The van der Waals surface area contributed by atoms with E-state index >= 15 is 0 Å². The lowest BCUT2D eigenvalue weighted by Crippen LogP contribution is -2.18. The van der Waals surface area contributed by atoms with Crippen LogP contribution in [0.5, 0.6) is 0 Å². The molecule has 1 saturated heterocycles. The van der Waals surface area contributed by atoms with Crippen LogP contribution in [0.1, 0.15) is 18.1 Å². The molecule has 1 aromatic rings. The maximum Gasteiger partial charge on any atom is 0.0841 e. The van der Waals surface area contributed by atoms with Crippen molar-refractivity contribution in [2.24, 2.45) is 5.73 Å². The summed E-state index contributed by atoms with van der Waals surface area (Å²) < 4.78 is 5.53. The molecule has 1 aromatic carbocycles. The first-order valence-corrected chi connectivity index (χ1v) is 4.28. The maximum absolute atomic E-state index is 5.74. The van der Waals surface area contributed by atoms with Crippen LogP contribution in [0.3, 0.4) is 0 Å². The summed E-state index contributed by atoms with van der Waals surface area (Å²) in [7, 11) is 0. The van der Waals surface area contributed by atoms with Gasteiger partial charge in [-0.1, -0.05) is 30.3 Å². The molecule has 0 saturated carbocycles. The van der Waals surface area contributed by atoms with Gasteiger partial charge in [-0.2, -0.15) is 0 Å². The second-order valence-electron chi connectivity index (χ2n) is 3.23. The highest BCUT2D eigenvalue weighted by molar-refractivity contribution is 5.18. The average molecular weight is 163 g/mol. The molecule has 2 heteroatoms. The van der Waals surface area contributed by atoms with Crippen molar-refractivity contribution in [3.63, 3.8) is 0 Å².